The molecule has 5 nitrogen and oxygen atoms in total. The molecule has 3 rings (SSSR count). The fourth-order valence-corrected chi connectivity index (χ4v) is 3.88. The minimum Gasteiger partial charge on any atom is -0.322 e. The third-order valence-corrected chi connectivity index (χ3v) is 5.66. The van der Waals surface area contributed by atoms with Gasteiger partial charge in [0.15, 0.2) is 10.3 Å². The smallest absolute Gasteiger partial charge is 0.236 e. The Labute approximate surface area is 147 Å². The normalized spacial score (nSPS) is 11.1. The first-order valence-electron chi connectivity index (χ1n) is 6.92. The van der Waals surface area contributed by atoms with Crippen molar-refractivity contribution in [2.24, 2.45) is 7.05 Å². The number of carbonyl (C=O) groups excluding carboxylic acids is 1. The molecular formula is C15H15ClN4OS2. The van der Waals surface area contributed by atoms with Crippen LogP contribution in [0, 0.1) is 13.8 Å². The number of aromatic nitrogens is 3. The maximum absolute atomic E-state index is 12.1. The molecular weight excluding hydrogens is 352 g/mol. The molecule has 0 aliphatic carbocycles. The predicted molar refractivity (Wildman–Crippen MR) is 96.7 cm³/mol. The highest BCUT2D eigenvalue weighted by Gasteiger charge is 2.12. The number of thioether (sulfide) groups is 1. The topological polar surface area (TPSA) is 59.8 Å². The van der Waals surface area contributed by atoms with E-state index in [2.05, 4.69) is 15.3 Å². The van der Waals surface area contributed by atoms with Gasteiger partial charge in [-0.1, -0.05) is 23.4 Å². The van der Waals surface area contributed by atoms with Gasteiger partial charge in [0.1, 0.15) is 0 Å². The molecule has 0 aliphatic heterocycles. The van der Waals surface area contributed by atoms with Crippen LogP contribution in [0.1, 0.15) is 10.6 Å². The second kappa shape index (κ2) is 6.51. The number of rotatable bonds is 4. The zero-order valence-corrected chi connectivity index (χ0v) is 15.3. The van der Waals surface area contributed by atoms with E-state index in [4.69, 9.17) is 11.6 Å². The molecule has 1 aromatic carbocycles. The molecule has 0 saturated heterocycles. The van der Waals surface area contributed by atoms with Gasteiger partial charge in [-0.05, 0) is 32.0 Å². The molecule has 23 heavy (non-hydrogen) atoms. The van der Waals surface area contributed by atoms with Crippen LogP contribution in [-0.2, 0) is 11.8 Å². The number of imidazole rings is 1. The van der Waals surface area contributed by atoms with Gasteiger partial charge in [0.2, 0.25) is 5.91 Å². The van der Waals surface area contributed by atoms with Gasteiger partial charge in [-0.3, -0.25) is 4.79 Å². The molecule has 0 aliphatic rings. The van der Waals surface area contributed by atoms with Crippen LogP contribution in [0.4, 0.5) is 5.13 Å². The zero-order chi connectivity index (χ0) is 16.6. The van der Waals surface area contributed by atoms with E-state index in [-0.39, 0.29) is 11.7 Å². The average Bonchev–Trinajstić information content (AvgIpc) is 2.96. The number of thiazole rings is 1. The Bertz CT molecular complexity index is 868. The van der Waals surface area contributed by atoms with Crippen LogP contribution in [0.25, 0.3) is 11.0 Å². The van der Waals surface area contributed by atoms with Gasteiger partial charge in [0.25, 0.3) is 0 Å². The van der Waals surface area contributed by atoms with Crippen molar-refractivity contribution >= 4 is 56.8 Å². The van der Waals surface area contributed by atoms with Crippen LogP contribution < -0.4 is 5.32 Å². The van der Waals surface area contributed by atoms with Crippen molar-refractivity contribution in [3.63, 3.8) is 0 Å². The number of aryl methyl sites for hydroxylation is 3. The van der Waals surface area contributed by atoms with Crippen molar-refractivity contribution in [1.29, 1.82) is 0 Å². The highest BCUT2D eigenvalue weighted by molar-refractivity contribution is 7.99. The van der Waals surface area contributed by atoms with Gasteiger partial charge < -0.3 is 9.88 Å². The molecule has 1 N–H and O–H groups in total. The Morgan fingerprint density at radius 1 is 1.39 bits per heavy atom. The molecule has 120 valence electrons. The Morgan fingerprint density at radius 2 is 2.17 bits per heavy atom. The third-order valence-electron chi connectivity index (χ3n) is 3.41. The first kappa shape index (κ1) is 16.3. The summed E-state index contributed by atoms with van der Waals surface area (Å²) in [5, 5.41) is 4.90. The van der Waals surface area contributed by atoms with E-state index in [1.165, 1.54) is 23.1 Å². The minimum atomic E-state index is -0.0890. The summed E-state index contributed by atoms with van der Waals surface area (Å²) >= 11 is 8.86. The highest BCUT2D eigenvalue weighted by atomic mass is 35.5. The standard InChI is InChI=1S/C15H15ClN4OS2/c1-8-9(2)23-14(17-8)19-13(21)7-22-15-18-11-6-10(16)4-5-12(11)20(15)3/h4-6H,7H2,1-3H3,(H,17,19,21). The fraction of sp³-hybridized carbons (Fsp3) is 0.267. The third kappa shape index (κ3) is 3.52. The van der Waals surface area contributed by atoms with Gasteiger partial charge in [-0.2, -0.15) is 0 Å². The van der Waals surface area contributed by atoms with Crippen LogP contribution >= 0.6 is 34.7 Å². The van der Waals surface area contributed by atoms with Crippen molar-refractivity contribution in [1.82, 2.24) is 14.5 Å². The molecule has 0 spiro atoms. The lowest BCUT2D eigenvalue weighted by molar-refractivity contribution is -0.113. The summed E-state index contributed by atoms with van der Waals surface area (Å²) in [7, 11) is 1.93. The van der Waals surface area contributed by atoms with Gasteiger partial charge in [-0.25, -0.2) is 9.97 Å². The minimum absolute atomic E-state index is 0.0890. The lowest BCUT2D eigenvalue weighted by atomic mass is 10.3. The van der Waals surface area contributed by atoms with Gasteiger partial charge in [-0.15, -0.1) is 11.3 Å². The molecule has 2 heterocycles. The largest absolute Gasteiger partial charge is 0.322 e. The first-order chi connectivity index (χ1) is 10.9. The Balaban J connectivity index is 1.68. The second-order valence-corrected chi connectivity index (χ2v) is 7.67. The Morgan fingerprint density at radius 3 is 2.87 bits per heavy atom. The molecule has 8 heteroatoms. The van der Waals surface area contributed by atoms with Crippen molar-refractivity contribution < 1.29 is 4.79 Å². The number of carbonyl (C=O) groups is 1. The van der Waals surface area contributed by atoms with E-state index >= 15 is 0 Å². The number of nitrogens with zero attached hydrogens (tertiary/aromatic N) is 3. The molecule has 0 atom stereocenters. The monoisotopic (exact) mass is 366 g/mol. The number of fused-ring (bicyclic) bond motifs is 1. The molecule has 0 saturated carbocycles. The molecule has 0 bridgehead atoms. The lowest BCUT2D eigenvalue weighted by Crippen LogP contribution is -2.14. The molecule has 2 aromatic heterocycles. The van der Waals surface area contributed by atoms with Crippen LogP contribution in [0.5, 0.6) is 0 Å². The van der Waals surface area contributed by atoms with Gasteiger partial charge in [0, 0.05) is 16.9 Å². The Kier molecular flexibility index (Phi) is 4.61. The van der Waals surface area contributed by atoms with Crippen molar-refractivity contribution in [3.8, 4) is 0 Å². The first-order valence-corrected chi connectivity index (χ1v) is 9.10. The number of hydrogen-bond donors (Lipinski definition) is 1. The zero-order valence-electron chi connectivity index (χ0n) is 12.9. The van der Waals surface area contributed by atoms with Crippen molar-refractivity contribution in [3.05, 3.63) is 33.8 Å². The summed E-state index contributed by atoms with van der Waals surface area (Å²) in [4.78, 5) is 22.0. The number of benzene rings is 1. The van der Waals surface area contributed by atoms with Crippen LogP contribution in [0.15, 0.2) is 23.4 Å². The second-order valence-electron chi connectivity index (χ2n) is 5.08. The summed E-state index contributed by atoms with van der Waals surface area (Å²) < 4.78 is 1.96. The summed E-state index contributed by atoms with van der Waals surface area (Å²) in [6, 6.07) is 5.58. The summed E-state index contributed by atoms with van der Waals surface area (Å²) in [5.74, 6) is 0.191. The molecule has 0 radical (unpaired) electrons. The number of nitrogens with one attached hydrogen (secondary N) is 1. The van der Waals surface area contributed by atoms with Gasteiger partial charge >= 0.3 is 0 Å². The lowest BCUT2D eigenvalue weighted by Gasteiger charge is -2.02. The average molecular weight is 367 g/mol. The van der Waals surface area contributed by atoms with E-state index < -0.39 is 0 Å². The highest BCUT2D eigenvalue weighted by Crippen LogP contribution is 2.26. The number of halogens is 1. The summed E-state index contributed by atoms with van der Waals surface area (Å²) in [6.07, 6.45) is 0. The van der Waals surface area contributed by atoms with Crippen LogP contribution in [0.3, 0.4) is 0 Å². The van der Waals surface area contributed by atoms with E-state index in [1.807, 2.05) is 43.7 Å². The molecule has 0 unspecified atom stereocenters. The number of anilines is 1. The van der Waals surface area contributed by atoms with E-state index in [0.29, 0.717) is 10.2 Å². The fourth-order valence-electron chi connectivity index (χ4n) is 2.09. The Hall–Kier alpha value is -1.57. The van der Waals surface area contributed by atoms with E-state index in [1.54, 1.807) is 0 Å². The number of hydrogen-bond acceptors (Lipinski definition) is 5. The summed E-state index contributed by atoms with van der Waals surface area (Å²) in [5.41, 5.74) is 2.77. The quantitative estimate of drug-likeness (QED) is 0.708. The maximum Gasteiger partial charge on any atom is 0.236 e. The van der Waals surface area contributed by atoms with Crippen LogP contribution in [0.2, 0.25) is 5.02 Å². The van der Waals surface area contributed by atoms with Crippen molar-refractivity contribution in [2.45, 2.75) is 19.0 Å². The molecule has 3 aromatic rings. The molecule has 1 amide bonds. The number of amides is 1. The van der Waals surface area contributed by atoms with E-state index in [0.717, 1.165) is 26.8 Å². The maximum atomic E-state index is 12.1. The van der Waals surface area contributed by atoms with Crippen LogP contribution in [-0.4, -0.2) is 26.2 Å². The predicted octanol–water partition coefficient (Wildman–Crippen LogP) is 4.03. The molecule has 0 fully saturated rings. The SMILES string of the molecule is Cc1nc(NC(=O)CSc2nc3cc(Cl)ccc3n2C)sc1C. The summed E-state index contributed by atoms with van der Waals surface area (Å²) in [6.45, 7) is 3.92. The van der Waals surface area contributed by atoms with Crippen molar-refractivity contribution in [2.75, 3.05) is 11.1 Å². The van der Waals surface area contributed by atoms with E-state index in [9.17, 15) is 4.79 Å². The van der Waals surface area contributed by atoms with Gasteiger partial charge in [0.05, 0.1) is 22.5 Å².